The number of rotatable bonds is 6. The van der Waals surface area contributed by atoms with Crippen LogP contribution in [0.3, 0.4) is 0 Å². The highest BCUT2D eigenvalue weighted by Crippen LogP contribution is 2.41. The standard InChI is InChI=1S/C26H44N2O8/c1-15(2)18-14-34-23(32)27(18)22(31)20(30)19(29)21-17(13-16-11-9-8-10-12-16)28(26(6,7)35-21)24(33)36-25(3,4)5/h15-21,29-30H,8-14H2,1-7H3/t17-,18+,19+,20-,21+/m0/s1. The molecule has 10 heteroatoms. The van der Waals surface area contributed by atoms with Gasteiger partial charge >= 0.3 is 12.2 Å². The third-order valence-electron chi connectivity index (χ3n) is 7.43. The second-order valence-electron chi connectivity index (χ2n) is 12.2. The van der Waals surface area contributed by atoms with Gasteiger partial charge in [-0.25, -0.2) is 14.5 Å². The molecule has 2 heterocycles. The Hall–Kier alpha value is -1.91. The third kappa shape index (κ3) is 6.14. The minimum atomic E-state index is -1.93. The minimum absolute atomic E-state index is 0.0365. The molecule has 1 saturated carbocycles. The number of carbonyl (C=O) groups excluding carboxylic acids is 3. The summed E-state index contributed by atoms with van der Waals surface area (Å²) in [4.78, 5) is 41.2. The zero-order valence-corrected chi connectivity index (χ0v) is 22.7. The molecule has 2 aliphatic heterocycles. The van der Waals surface area contributed by atoms with Crippen molar-refractivity contribution in [2.75, 3.05) is 6.61 Å². The van der Waals surface area contributed by atoms with E-state index in [4.69, 9.17) is 14.2 Å². The van der Waals surface area contributed by atoms with E-state index in [0.717, 1.165) is 30.6 Å². The van der Waals surface area contributed by atoms with Crippen molar-refractivity contribution in [2.45, 2.75) is 129 Å². The van der Waals surface area contributed by atoms with Crippen LogP contribution < -0.4 is 0 Å². The first-order valence-corrected chi connectivity index (χ1v) is 13.2. The molecule has 2 saturated heterocycles. The maximum absolute atomic E-state index is 13.3. The molecule has 0 aromatic carbocycles. The Labute approximate surface area is 214 Å². The molecule has 0 aromatic rings. The van der Waals surface area contributed by atoms with E-state index in [9.17, 15) is 24.6 Å². The van der Waals surface area contributed by atoms with Gasteiger partial charge in [0.1, 0.15) is 30.1 Å². The Kier molecular flexibility index (Phi) is 8.62. The summed E-state index contributed by atoms with van der Waals surface area (Å²) in [6.45, 7) is 12.5. The van der Waals surface area contributed by atoms with Crippen LogP contribution in [0.4, 0.5) is 9.59 Å². The van der Waals surface area contributed by atoms with Crippen molar-refractivity contribution in [2.24, 2.45) is 11.8 Å². The Morgan fingerprint density at radius 3 is 2.31 bits per heavy atom. The normalized spacial score (nSPS) is 28.8. The summed E-state index contributed by atoms with van der Waals surface area (Å²) >= 11 is 0. The highest BCUT2D eigenvalue weighted by molar-refractivity contribution is 5.96. The summed E-state index contributed by atoms with van der Waals surface area (Å²) in [7, 11) is 0. The van der Waals surface area contributed by atoms with Crippen molar-refractivity contribution < 1.29 is 38.8 Å². The predicted molar refractivity (Wildman–Crippen MR) is 131 cm³/mol. The predicted octanol–water partition coefficient (Wildman–Crippen LogP) is 3.42. The van der Waals surface area contributed by atoms with Gasteiger partial charge in [-0.05, 0) is 52.9 Å². The SMILES string of the molecule is CC(C)[C@H]1COC(=O)N1C(=O)[C@@H](O)[C@@H](O)[C@@H]1OC(C)(C)N(C(=O)OC(C)(C)C)[C@H]1CC1CCCCC1. The zero-order valence-electron chi connectivity index (χ0n) is 22.7. The lowest BCUT2D eigenvalue weighted by Gasteiger charge is -2.37. The van der Waals surface area contributed by atoms with Crippen LogP contribution in [0, 0.1) is 11.8 Å². The number of amides is 3. The number of aliphatic hydroxyl groups excluding tert-OH is 2. The molecule has 3 amide bonds. The maximum Gasteiger partial charge on any atom is 0.417 e. The maximum atomic E-state index is 13.3. The number of imide groups is 1. The van der Waals surface area contributed by atoms with Crippen LogP contribution >= 0.6 is 0 Å². The van der Waals surface area contributed by atoms with Gasteiger partial charge in [0.2, 0.25) is 0 Å². The smallest absolute Gasteiger partial charge is 0.417 e. The molecule has 3 aliphatic rings. The Balaban J connectivity index is 1.88. The van der Waals surface area contributed by atoms with Gasteiger partial charge in [-0.3, -0.25) is 9.69 Å². The Bertz CT molecular complexity index is 817. The van der Waals surface area contributed by atoms with Crippen LogP contribution in [0.15, 0.2) is 0 Å². The van der Waals surface area contributed by atoms with Crippen LogP contribution in [0.2, 0.25) is 0 Å². The molecule has 0 bridgehead atoms. The quantitative estimate of drug-likeness (QED) is 0.554. The molecule has 0 radical (unpaired) electrons. The third-order valence-corrected chi connectivity index (χ3v) is 7.43. The van der Waals surface area contributed by atoms with Crippen LogP contribution in [0.5, 0.6) is 0 Å². The molecule has 206 valence electrons. The Morgan fingerprint density at radius 1 is 1.14 bits per heavy atom. The topological polar surface area (TPSA) is 126 Å². The first kappa shape index (κ1) is 28.7. The van der Waals surface area contributed by atoms with E-state index >= 15 is 0 Å². The fourth-order valence-corrected chi connectivity index (χ4v) is 5.63. The first-order valence-electron chi connectivity index (χ1n) is 13.2. The van der Waals surface area contributed by atoms with Crippen LogP contribution in [0.25, 0.3) is 0 Å². The van der Waals surface area contributed by atoms with E-state index in [1.807, 2.05) is 13.8 Å². The summed E-state index contributed by atoms with van der Waals surface area (Å²) in [6.07, 6.45) is -0.163. The molecule has 3 rings (SSSR count). The van der Waals surface area contributed by atoms with Gasteiger partial charge in [-0.1, -0.05) is 46.0 Å². The van der Waals surface area contributed by atoms with Gasteiger partial charge in [0, 0.05) is 0 Å². The number of nitrogens with zero attached hydrogens (tertiary/aromatic N) is 2. The van der Waals surface area contributed by atoms with Crippen molar-refractivity contribution >= 4 is 18.1 Å². The van der Waals surface area contributed by atoms with Gasteiger partial charge in [-0.2, -0.15) is 0 Å². The summed E-state index contributed by atoms with van der Waals surface area (Å²) in [6, 6.07) is -1.16. The number of aliphatic hydroxyl groups is 2. The molecular weight excluding hydrogens is 468 g/mol. The lowest BCUT2D eigenvalue weighted by atomic mass is 9.82. The number of cyclic esters (lactones) is 1. The number of hydrogen-bond acceptors (Lipinski definition) is 8. The van der Waals surface area contributed by atoms with Crippen LogP contribution in [0.1, 0.15) is 87.0 Å². The second-order valence-corrected chi connectivity index (χ2v) is 12.2. The largest absolute Gasteiger partial charge is 0.447 e. The average molecular weight is 513 g/mol. The molecule has 0 unspecified atom stereocenters. The summed E-state index contributed by atoms with van der Waals surface area (Å²) < 4.78 is 16.9. The van der Waals surface area contributed by atoms with Crippen molar-refractivity contribution in [1.82, 2.24) is 9.80 Å². The van der Waals surface area contributed by atoms with Crippen LogP contribution in [-0.4, -0.2) is 86.4 Å². The number of ether oxygens (including phenoxy) is 3. The molecule has 3 fully saturated rings. The van der Waals surface area contributed by atoms with E-state index in [1.165, 1.54) is 11.3 Å². The van der Waals surface area contributed by atoms with E-state index in [-0.39, 0.29) is 12.5 Å². The van der Waals surface area contributed by atoms with Gasteiger partial charge in [0.05, 0.1) is 12.1 Å². The molecule has 2 N–H and O–H groups in total. The van der Waals surface area contributed by atoms with Crippen LogP contribution in [-0.2, 0) is 19.0 Å². The van der Waals surface area contributed by atoms with Gasteiger partial charge in [0.25, 0.3) is 5.91 Å². The summed E-state index contributed by atoms with van der Waals surface area (Å²) in [5.41, 5.74) is -1.89. The first-order chi connectivity index (χ1) is 16.6. The molecule has 0 aromatic heterocycles. The highest BCUT2D eigenvalue weighted by atomic mass is 16.6. The van der Waals surface area contributed by atoms with Crippen molar-refractivity contribution in [3.8, 4) is 0 Å². The fraction of sp³-hybridized carbons (Fsp3) is 0.885. The lowest BCUT2D eigenvalue weighted by Crippen LogP contribution is -2.56. The average Bonchev–Trinajstić information content (AvgIpc) is 3.28. The van der Waals surface area contributed by atoms with E-state index in [0.29, 0.717) is 12.3 Å². The molecule has 10 nitrogen and oxygen atoms in total. The Morgan fingerprint density at radius 2 is 1.75 bits per heavy atom. The van der Waals surface area contributed by atoms with E-state index < -0.39 is 59.8 Å². The number of carbonyl (C=O) groups is 3. The van der Waals surface area contributed by atoms with Gasteiger partial charge in [-0.15, -0.1) is 0 Å². The summed E-state index contributed by atoms with van der Waals surface area (Å²) in [5, 5.41) is 22.2. The fourth-order valence-electron chi connectivity index (χ4n) is 5.63. The lowest BCUT2D eigenvalue weighted by molar-refractivity contribution is -0.157. The summed E-state index contributed by atoms with van der Waals surface area (Å²) in [5.74, 6) is -0.710. The zero-order chi connectivity index (χ0) is 27.0. The van der Waals surface area contributed by atoms with Crippen molar-refractivity contribution in [3.05, 3.63) is 0 Å². The van der Waals surface area contributed by atoms with Gasteiger partial charge in [0.15, 0.2) is 6.10 Å². The molecule has 1 aliphatic carbocycles. The van der Waals surface area contributed by atoms with E-state index in [1.54, 1.807) is 34.6 Å². The molecular formula is C26H44N2O8. The van der Waals surface area contributed by atoms with E-state index in [2.05, 4.69) is 0 Å². The molecule has 0 spiro atoms. The van der Waals surface area contributed by atoms with Crippen molar-refractivity contribution in [1.29, 1.82) is 0 Å². The monoisotopic (exact) mass is 512 g/mol. The van der Waals surface area contributed by atoms with Gasteiger partial charge < -0.3 is 24.4 Å². The second kappa shape index (κ2) is 10.8. The molecule has 5 atom stereocenters. The number of hydrogen-bond donors (Lipinski definition) is 2. The van der Waals surface area contributed by atoms with Crippen molar-refractivity contribution in [3.63, 3.8) is 0 Å². The minimum Gasteiger partial charge on any atom is -0.447 e. The highest BCUT2D eigenvalue weighted by Gasteiger charge is 2.56. The molecule has 36 heavy (non-hydrogen) atoms.